The maximum Gasteiger partial charge on any atom is 0.299 e. The van der Waals surface area contributed by atoms with Crippen molar-refractivity contribution in [2.75, 3.05) is 41.1 Å². The highest BCUT2D eigenvalue weighted by atomic mass is 32.2. The Kier molecular flexibility index (Phi) is 4.09. The third kappa shape index (κ3) is 2.57. The molecular weight excluding hydrogens is 390 g/mol. The van der Waals surface area contributed by atoms with E-state index >= 15 is 0 Å². The van der Waals surface area contributed by atoms with Crippen molar-refractivity contribution in [1.29, 1.82) is 0 Å². The fourth-order valence-electron chi connectivity index (χ4n) is 4.41. The van der Waals surface area contributed by atoms with Gasteiger partial charge in [0, 0.05) is 32.4 Å². The van der Waals surface area contributed by atoms with Crippen LogP contribution in [-0.2, 0) is 4.79 Å². The van der Waals surface area contributed by atoms with Crippen LogP contribution in [0.15, 0.2) is 29.6 Å². The van der Waals surface area contributed by atoms with Gasteiger partial charge in [0.1, 0.15) is 11.4 Å². The van der Waals surface area contributed by atoms with Gasteiger partial charge in [0.05, 0.1) is 16.9 Å². The number of aromatic nitrogens is 2. The highest BCUT2D eigenvalue weighted by Gasteiger charge is 2.41. The van der Waals surface area contributed by atoms with Crippen LogP contribution in [-0.4, -0.2) is 60.0 Å². The minimum Gasteiger partial charge on any atom is -0.351 e. The molecule has 1 saturated heterocycles. The third-order valence-electron chi connectivity index (χ3n) is 5.85. The van der Waals surface area contributed by atoms with E-state index in [2.05, 4.69) is 14.9 Å². The number of benzene rings is 1. The molecule has 0 N–H and O–H groups in total. The molecule has 148 valence electrons. The van der Waals surface area contributed by atoms with Gasteiger partial charge in [-0.05, 0) is 31.2 Å². The Bertz CT molecular complexity index is 1070. The molecule has 3 aliphatic heterocycles. The molecule has 9 heteroatoms. The average Bonchev–Trinajstić information content (AvgIpc) is 3.27. The van der Waals surface area contributed by atoms with E-state index in [0.29, 0.717) is 40.0 Å². The molecule has 4 heterocycles. The fourth-order valence-corrected chi connectivity index (χ4v) is 4.75. The summed E-state index contributed by atoms with van der Waals surface area (Å²) in [5.74, 6) is -0.741. The Morgan fingerprint density at radius 2 is 1.93 bits per heavy atom. The minimum atomic E-state index is -0.578. The summed E-state index contributed by atoms with van der Waals surface area (Å²) in [6, 6.07) is 5.34. The lowest BCUT2D eigenvalue weighted by Crippen LogP contribution is -2.40. The lowest BCUT2D eigenvalue weighted by Gasteiger charge is -2.27. The summed E-state index contributed by atoms with van der Waals surface area (Å²) in [5.41, 5.74) is 1.73. The first-order valence-electron chi connectivity index (χ1n) is 9.46. The van der Waals surface area contributed by atoms with Gasteiger partial charge in [-0.25, -0.2) is 9.97 Å². The second-order valence-electron chi connectivity index (χ2n) is 7.36. The summed E-state index contributed by atoms with van der Waals surface area (Å²) in [4.78, 5) is 52.5. The Hall–Kier alpha value is -2.94. The topological polar surface area (TPSA) is 86.7 Å². The molecule has 0 unspecified atom stereocenters. The molecule has 0 bridgehead atoms. The number of anilines is 3. The first-order valence-corrected chi connectivity index (χ1v) is 10.7. The lowest BCUT2D eigenvalue weighted by molar-refractivity contribution is -0.114. The molecule has 0 saturated carbocycles. The minimum absolute atomic E-state index is 0.102. The first kappa shape index (κ1) is 18.1. The highest BCUT2D eigenvalue weighted by Crippen LogP contribution is 2.39. The van der Waals surface area contributed by atoms with E-state index in [-0.39, 0.29) is 11.9 Å². The molecular formula is C20H19N5O3S. The van der Waals surface area contributed by atoms with Crippen LogP contribution in [0.2, 0.25) is 0 Å². The second-order valence-corrected chi connectivity index (χ2v) is 8.14. The Morgan fingerprint density at radius 1 is 1.14 bits per heavy atom. The maximum absolute atomic E-state index is 13.5. The highest BCUT2D eigenvalue weighted by molar-refractivity contribution is 7.98. The zero-order valence-electron chi connectivity index (χ0n) is 16.1. The van der Waals surface area contributed by atoms with E-state index in [0.717, 1.165) is 19.4 Å². The number of nitrogens with zero attached hydrogens (tertiary/aromatic N) is 5. The number of hydrogen-bond donors (Lipinski definition) is 0. The molecule has 2 aromatic rings. The van der Waals surface area contributed by atoms with Crippen molar-refractivity contribution in [3.63, 3.8) is 0 Å². The quantitative estimate of drug-likeness (QED) is 0.426. The number of carbonyl (C=O) groups excluding carboxylic acids is 3. The second kappa shape index (κ2) is 6.55. The summed E-state index contributed by atoms with van der Waals surface area (Å²) in [7, 11) is 1.58. The average molecular weight is 409 g/mol. The van der Waals surface area contributed by atoms with Crippen molar-refractivity contribution in [3.8, 4) is 0 Å². The molecule has 1 aromatic heterocycles. The number of thioether (sulfide) groups is 1. The van der Waals surface area contributed by atoms with Crippen molar-refractivity contribution in [2.45, 2.75) is 24.0 Å². The Labute approximate surface area is 171 Å². The Balaban J connectivity index is 1.67. The van der Waals surface area contributed by atoms with E-state index in [9.17, 15) is 14.4 Å². The number of ketones is 1. The molecule has 0 radical (unpaired) electrons. The SMILES string of the molecule is CSc1ncc2c(n1)N1CCC[C@H]1CN(c1cccc3c1C(=O)C(=O)N3C)C2=O. The van der Waals surface area contributed by atoms with Crippen molar-refractivity contribution < 1.29 is 14.4 Å². The molecule has 0 spiro atoms. The molecule has 1 fully saturated rings. The smallest absolute Gasteiger partial charge is 0.299 e. The van der Waals surface area contributed by atoms with Crippen molar-refractivity contribution in [3.05, 3.63) is 35.5 Å². The van der Waals surface area contributed by atoms with Crippen LogP contribution in [0.5, 0.6) is 0 Å². The summed E-state index contributed by atoms with van der Waals surface area (Å²) in [5, 5.41) is 0.624. The normalized spacial score (nSPS) is 20.7. The molecule has 5 rings (SSSR count). The van der Waals surface area contributed by atoms with Gasteiger partial charge in [0.2, 0.25) is 0 Å². The summed E-state index contributed by atoms with van der Waals surface area (Å²) in [6.07, 6.45) is 5.42. The van der Waals surface area contributed by atoms with Crippen LogP contribution in [0.4, 0.5) is 17.2 Å². The molecule has 1 atom stereocenters. The predicted molar refractivity (Wildman–Crippen MR) is 110 cm³/mol. The van der Waals surface area contributed by atoms with Crippen LogP contribution < -0.4 is 14.7 Å². The fraction of sp³-hybridized carbons (Fsp3) is 0.350. The standard InChI is InChI=1S/C20H19N5O3S/c1-23-13-6-3-7-14(15(13)16(26)19(23)28)25-10-11-5-4-8-24(11)17-12(18(25)27)9-21-20(22-17)29-2/h3,6-7,9,11H,4-5,8,10H2,1-2H3/t11-/m0/s1. The van der Waals surface area contributed by atoms with E-state index in [1.165, 1.54) is 16.7 Å². The van der Waals surface area contributed by atoms with Gasteiger partial charge in [0.25, 0.3) is 17.6 Å². The largest absolute Gasteiger partial charge is 0.351 e. The molecule has 3 aliphatic rings. The van der Waals surface area contributed by atoms with Crippen molar-refractivity contribution in [2.24, 2.45) is 0 Å². The van der Waals surface area contributed by atoms with Gasteiger partial charge in [-0.15, -0.1) is 0 Å². The number of rotatable bonds is 2. The van der Waals surface area contributed by atoms with Gasteiger partial charge < -0.3 is 14.7 Å². The van der Waals surface area contributed by atoms with Gasteiger partial charge in [0.15, 0.2) is 5.16 Å². The number of fused-ring (bicyclic) bond motifs is 4. The molecule has 2 amide bonds. The summed E-state index contributed by atoms with van der Waals surface area (Å²) >= 11 is 1.44. The first-order chi connectivity index (χ1) is 14.0. The van der Waals surface area contributed by atoms with Crippen LogP contribution in [0.25, 0.3) is 0 Å². The third-order valence-corrected chi connectivity index (χ3v) is 6.41. The zero-order chi connectivity index (χ0) is 20.3. The number of hydrogen-bond acceptors (Lipinski definition) is 7. The van der Waals surface area contributed by atoms with Crippen LogP contribution in [0, 0.1) is 0 Å². The van der Waals surface area contributed by atoms with Gasteiger partial charge in [-0.1, -0.05) is 17.8 Å². The molecule has 29 heavy (non-hydrogen) atoms. The number of carbonyl (C=O) groups is 3. The molecule has 8 nitrogen and oxygen atoms in total. The Morgan fingerprint density at radius 3 is 2.72 bits per heavy atom. The van der Waals surface area contributed by atoms with Crippen LogP contribution in [0.1, 0.15) is 33.6 Å². The van der Waals surface area contributed by atoms with E-state index < -0.39 is 11.7 Å². The van der Waals surface area contributed by atoms with Crippen molar-refractivity contribution >= 4 is 46.6 Å². The molecule has 0 aliphatic carbocycles. The van der Waals surface area contributed by atoms with Gasteiger partial charge in [-0.2, -0.15) is 0 Å². The number of likely N-dealkylation sites (N-methyl/N-ethyl adjacent to an activating group) is 1. The number of Topliss-reactive ketones (excluding diaryl/α,β-unsaturated/α-hetero) is 1. The van der Waals surface area contributed by atoms with E-state index in [4.69, 9.17) is 0 Å². The monoisotopic (exact) mass is 409 g/mol. The van der Waals surface area contributed by atoms with Crippen LogP contribution >= 0.6 is 11.8 Å². The van der Waals surface area contributed by atoms with Gasteiger partial charge >= 0.3 is 0 Å². The summed E-state index contributed by atoms with van der Waals surface area (Å²) in [6.45, 7) is 1.27. The van der Waals surface area contributed by atoms with Crippen LogP contribution in [0.3, 0.4) is 0 Å². The predicted octanol–water partition coefficient (Wildman–Crippen LogP) is 1.99. The lowest BCUT2D eigenvalue weighted by atomic mass is 10.1. The number of amides is 2. The zero-order valence-corrected chi connectivity index (χ0v) is 16.9. The summed E-state index contributed by atoms with van der Waals surface area (Å²) < 4.78 is 0. The van der Waals surface area contributed by atoms with E-state index in [1.807, 2.05) is 6.26 Å². The maximum atomic E-state index is 13.5. The van der Waals surface area contributed by atoms with Crippen molar-refractivity contribution in [1.82, 2.24) is 9.97 Å². The molecule has 1 aromatic carbocycles. The van der Waals surface area contributed by atoms with Gasteiger partial charge in [-0.3, -0.25) is 14.4 Å². The van der Waals surface area contributed by atoms with E-state index in [1.54, 1.807) is 36.3 Å².